The van der Waals surface area contributed by atoms with Gasteiger partial charge in [0.05, 0.1) is 26.4 Å². The molecule has 0 aliphatic carbocycles. The number of aliphatic hydroxyl groups excluding tert-OH is 1. The second kappa shape index (κ2) is 72.3. The molecule has 0 saturated heterocycles. The molecule has 0 amide bonds. The predicted molar refractivity (Wildman–Crippen MR) is 414 cm³/mol. The van der Waals surface area contributed by atoms with E-state index in [4.69, 9.17) is 37.0 Å². The van der Waals surface area contributed by atoms with Crippen molar-refractivity contribution in [2.24, 2.45) is 17.8 Å². The van der Waals surface area contributed by atoms with Crippen molar-refractivity contribution in [1.29, 1.82) is 0 Å². The van der Waals surface area contributed by atoms with Crippen molar-refractivity contribution in [2.75, 3.05) is 39.6 Å². The summed E-state index contributed by atoms with van der Waals surface area (Å²) in [6.07, 6.45) is 61.2. The van der Waals surface area contributed by atoms with Crippen molar-refractivity contribution in [3.63, 3.8) is 0 Å². The molecular formula is C82H160O17P2. The van der Waals surface area contributed by atoms with E-state index in [1.54, 1.807) is 0 Å². The van der Waals surface area contributed by atoms with Gasteiger partial charge in [-0.25, -0.2) is 9.13 Å². The molecule has 2 unspecified atom stereocenters. The summed E-state index contributed by atoms with van der Waals surface area (Å²) >= 11 is 0. The lowest BCUT2D eigenvalue weighted by molar-refractivity contribution is -0.161. The number of hydrogen-bond acceptors (Lipinski definition) is 15. The molecule has 0 bridgehead atoms. The van der Waals surface area contributed by atoms with Crippen LogP contribution in [0.25, 0.3) is 0 Å². The Morgan fingerprint density at radius 1 is 0.267 bits per heavy atom. The number of ether oxygens (including phenoxy) is 4. The minimum atomic E-state index is -4.96. The zero-order valence-electron chi connectivity index (χ0n) is 66.4. The molecule has 0 heterocycles. The van der Waals surface area contributed by atoms with Crippen molar-refractivity contribution in [1.82, 2.24) is 0 Å². The topological polar surface area (TPSA) is 237 Å². The average molecular weight is 1480 g/mol. The van der Waals surface area contributed by atoms with Gasteiger partial charge in [-0.15, -0.1) is 0 Å². The monoisotopic (exact) mass is 1480 g/mol. The number of esters is 4. The van der Waals surface area contributed by atoms with Crippen LogP contribution in [0.15, 0.2) is 0 Å². The zero-order chi connectivity index (χ0) is 74.4. The van der Waals surface area contributed by atoms with Crippen LogP contribution in [-0.4, -0.2) is 96.7 Å². The first kappa shape index (κ1) is 99.1. The molecule has 3 N–H and O–H groups in total. The number of carbonyl (C=O) groups excluding carboxylic acids is 4. The lowest BCUT2D eigenvalue weighted by atomic mass is 10.0. The van der Waals surface area contributed by atoms with Gasteiger partial charge in [0.2, 0.25) is 0 Å². The van der Waals surface area contributed by atoms with Crippen LogP contribution in [0.5, 0.6) is 0 Å². The van der Waals surface area contributed by atoms with Crippen LogP contribution in [0.1, 0.15) is 427 Å². The van der Waals surface area contributed by atoms with Gasteiger partial charge in [0.1, 0.15) is 19.3 Å². The second-order valence-corrected chi connectivity index (χ2v) is 33.8. The number of carbonyl (C=O) groups is 4. The predicted octanol–water partition coefficient (Wildman–Crippen LogP) is 24.5. The van der Waals surface area contributed by atoms with Crippen molar-refractivity contribution >= 4 is 39.5 Å². The zero-order valence-corrected chi connectivity index (χ0v) is 68.2. The van der Waals surface area contributed by atoms with Gasteiger partial charge in [-0.1, -0.05) is 376 Å². The number of unbranched alkanes of at least 4 members (excludes halogenated alkanes) is 48. The molecule has 0 saturated carbocycles. The van der Waals surface area contributed by atoms with Gasteiger partial charge in [0, 0.05) is 25.7 Å². The third kappa shape index (κ3) is 76.1. The highest BCUT2D eigenvalue weighted by Crippen LogP contribution is 2.45. The normalized spacial score (nSPS) is 14.0. The maximum Gasteiger partial charge on any atom is 0.472 e. The van der Waals surface area contributed by atoms with E-state index in [0.717, 1.165) is 108 Å². The Morgan fingerprint density at radius 3 is 0.673 bits per heavy atom. The van der Waals surface area contributed by atoms with Crippen molar-refractivity contribution < 1.29 is 80.2 Å². The lowest BCUT2D eigenvalue weighted by Gasteiger charge is -2.21. The third-order valence-electron chi connectivity index (χ3n) is 19.1. The molecule has 0 aromatic rings. The van der Waals surface area contributed by atoms with Gasteiger partial charge in [-0.2, -0.15) is 0 Å². The summed E-state index contributed by atoms with van der Waals surface area (Å²) in [5, 5.41) is 10.6. The van der Waals surface area contributed by atoms with Crippen LogP contribution in [0.2, 0.25) is 0 Å². The lowest BCUT2D eigenvalue weighted by Crippen LogP contribution is -2.30. The molecule has 0 aromatic carbocycles. The Bertz CT molecular complexity index is 1960. The fourth-order valence-corrected chi connectivity index (χ4v) is 14.2. The maximum absolute atomic E-state index is 13.1. The molecule has 0 aliphatic heterocycles. The molecule has 0 fully saturated rings. The number of aliphatic hydroxyl groups is 1. The molecule has 0 radical (unpaired) electrons. The van der Waals surface area contributed by atoms with E-state index in [-0.39, 0.29) is 25.7 Å². The largest absolute Gasteiger partial charge is 0.472 e. The van der Waals surface area contributed by atoms with Gasteiger partial charge >= 0.3 is 39.5 Å². The summed E-state index contributed by atoms with van der Waals surface area (Å²) in [6.45, 7) is 11.9. The van der Waals surface area contributed by atoms with Gasteiger partial charge in [-0.05, 0) is 43.4 Å². The molecule has 17 nitrogen and oxygen atoms in total. The molecule has 0 rings (SSSR count). The van der Waals surface area contributed by atoms with E-state index in [1.165, 1.54) is 238 Å². The molecule has 5 atom stereocenters. The van der Waals surface area contributed by atoms with E-state index >= 15 is 0 Å². The summed E-state index contributed by atoms with van der Waals surface area (Å²) in [5.74, 6) is 0.148. The van der Waals surface area contributed by atoms with Crippen molar-refractivity contribution in [3.8, 4) is 0 Å². The van der Waals surface area contributed by atoms with Crippen LogP contribution in [-0.2, 0) is 65.4 Å². The Kier molecular flexibility index (Phi) is 70.9. The Labute approximate surface area is 619 Å². The molecule has 0 aromatic heterocycles. The van der Waals surface area contributed by atoms with Gasteiger partial charge in [-0.3, -0.25) is 37.3 Å². The SMILES string of the molecule is CCCCCCCCCCCCCCCCCCCCCCCCC(=O)O[C@H](COC(=O)CCCCCCCCCCCCCCC(C)C)COP(=O)(O)OC[C@@H](O)COP(=O)(O)OC[C@@H](COC(=O)CCCCCCCCCCC(C)C)OC(=O)CCCCCCCCCCCCC(C)C. The number of phosphoric acid groups is 2. The summed E-state index contributed by atoms with van der Waals surface area (Å²) in [6, 6.07) is 0. The summed E-state index contributed by atoms with van der Waals surface area (Å²) in [5.41, 5.74) is 0. The average Bonchev–Trinajstić information content (AvgIpc) is 0.937. The smallest absolute Gasteiger partial charge is 0.462 e. The van der Waals surface area contributed by atoms with E-state index < -0.39 is 97.5 Å². The summed E-state index contributed by atoms with van der Waals surface area (Å²) in [4.78, 5) is 73.0. The van der Waals surface area contributed by atoms with E-state index in [0.29, 0.717) is 25.7 Å². The maximum atomic E-state index is 13.1. The van der Waals surface area contributed by atoms with Gasteiger partial charge in [0.25, 0.3) is 0 Å². The van der Waals surface area contributed by atoms with E-state index in [1.807, 2.05) is 0 Å². The second-order valence-electron chi connectivity index (χ2n) is 30.9. The molecule has 0 aliphatic rings. The van der Waals surface area contributed by atoms with Crippen LogP contribution in [0.3, 0.4) is 0 Å². The Hall–Kier alpha value is -1.94. The number of rotatable bonds is 80. The summed E-state index contributed by atoms with van der Waals surface area (Å²) < 4.78 is 68.7. The minimum absolute atomic E-state index is 0.105. The molecular weight excluding hydrogens is 1320 g/mol. The van der Waals surface area contributed by atoms with Crippen molar-refractivity contribution in [2.45, 2.75) is 446 Å². The van der Waals surface area contributed by atoms with Crippen LogP contribution < -0.4 is 0 Å². The standard InChI is InChI=1S/C82H160O17P2/c1-8-9-10-11-12-13-14-15-16-17-18-19-20-21-22-23-24-29-35-44-51-58-65-81(86)98-77(69-92-79(84)63-56-49-42-34-28-26-25-27-32-39-46-53-60-73(2)3)71-96-100(88,89)94-67-76(83)68-95-101(90,91)97-72-78(70-93-80(85)64-57-50-43-38-37-41-48-55-62-75(6)7)99-82(87)66-59-52-45-36-31-30-33-40-47-54-61-74(4)5/h73-78,83H,8-72H2,1-7H3,(H,88,89)(H,90,91)/t76-,77-,78-/m1/s1. The third-order valence-corrected chi connectivity index (χ3v) is 21.0. The molecule has 101 heavy (non-hydrogen) atoms. The molecule has 0 spiro atoms. The minimum Gasteiger partial charge on any atom is -0.462 e. The first-order chi connectivity index (χ1) is 48.7. The fourth-order valence-electron chi connectivity index (χ4n) is 12.7. The highest BCUT2D eigenvalue weighted by molar-refractivity contribution is 7.47. The van der Waals surface area contributed by atoms with Gasteiger partial charge in [0.15, 0.2) is 12.2 Å². The first-order valence-corrected chi connectivity index (χ1v) is 45.3. The fraction of sp³-hybridized carbons (Fsp3) is 0.951. The molecule has 19 heteroatoms. The van der Waals surface area contributed by atoms with Gasteiger partial charge < -0.3 is 33.8 Å². The highest BCUT2D eigenvalue weighted by Gasteiger charge is 2.30. The number of phosphoric ester groups is 2. The highest BCUT2D eigenvalue weighted by atomic mass is 31.2. The number of hydrogen-bond donors (Lipinski definition) is 3. The van der Waals surface area contributed by atoms with Crippen LogP contribution in [0.4, 0.5) is 0 Å². The summed E-state index contributed by atoms with van der Waals surface area (Å²) in [7, 11) is -9.92. The van der Waals surface area contributed by atoms with Crippen molar-refractivity contribution in [3.05, 3.63) is 0 Å². The Morgan fingerprint density at radius 2 is 0.455 bits per heavy atom. The van der Waals surface area contributed by atoms with Crippen LogP contribution >= 0.6 is 15.6 Å². The molecule has 600 valence electrons. The quantitative estimate of drug-likeness (QED) is 0.0222. The van der Waals surface area contributed by atoms with Crippen LogP contribution in [0, 0.1) is 17.8 Å². The first-order valence-electron chi connectivity index (χ1n) is 42.3. The van der Waals surface area contributed by atoms with E-state index in [2.05, 4.69) is 48.5 Å². The Balaban J connectivity index is 5.22. The van der Waals surface area contributed by atoms with E-state index in [9.17, 15) is 43.2 Å².